The summed E-state index contributed by atoms with van der Waals surface area (Å²) in [6.45, 7) is 2.61. The van der Waals surface area contributed by atoms with Gasteiger partial charge in [-0.25, -0.2) is 0 Å². The number of carbonyl (C=O) groups excluding carboxylic acids is 1. The minimum atomic E-state index is -0.805. The number of thioether (sulfide) groups is 1. The number of rotatable bonds is 2. The number of hydrogen-bond donors (Lipinski definition) is 1. The third-order valence-electron chi connectivity index (χ3n) is 4.20. The van der Waals surface area contributed by atoms with E-state index in [2.05, 4.69) is 0 Å². The smallest absolute Gasteiger partial charge is 0.311 e. The molecular weight excluding hydrogens is 294 g/mol. The lowest BCUT2D eigenvalue weighted by atomic mass is 9.90. The second-order valence-corrected chi connectivity index (χ2v) is 7.89. The van der Waals surface area contributed by atoms with Crippen LogP contribution in [-0.2, 0) is 16.0 Å². The summed E-state index contributed by atoms with van der Waals surface area (Å²) < 4.78 is 0. The Bertz CT molecular complexity index is 556. The van der Waals surface area contributed by atoms with Gasteiger partial charge in [0, 0.05) is 18.0 Å². The van der Waals surface area contributed by atoms with Crippen LogP contribution in [0.4, 0.5) is 0 Å². The number of likely N-dealkylation sites (tertiary alicyclic amines) is 1. The molecule has 0 bridgehead atoms. The molecule has 0 unspecified atom stereocenters. The molecule has 2 aliphatic heterocycles. The molecule has 0 aliphatic carbocycles. The zero-order valence-corrected chi connectivity index (χ0v) is 12.9. The molecule has 1 aromatic rings. The number of carbonyl (C=O) groups is 2. The number of aryl methyl sites for hydroxylation is 1. The Balaban J connectivity index is 1.77. The van der Waals surface area contributed by atoms with Crippen molar-refractivity contribution >= 4 is 35.0 Å². The van der Waals surface area contributed by atoms with Crippen LogP contribution in [0.15, 0.2) is 11.4 Å². The van der Waals surface area contributed by atoms with Crippen LogP contribution in [0.25, 0.3) is 0 Å². The largest absolute Gasteiger partial charge is 0.481 e. The van der Waals surface area contributed by atoms with E-state index in [1.807, 2.05) is 11.4 Å². The molecule has 1 aromatic heterocycles. The van der Waals surface area contributed by atoms with Crippen LogP contribution in [0.3, 0.4) is 0 Å². The number of aliphatic carboxylic acids is 1. The van der Waals surface area contributed by atoms with Crippen molar-refractivity contribution in [2.75, 3.05) is 18.8 Å². The van der Waals surface area contributed by atoms with Crippen LogP contribution in [0.5, 0.6) is 0 Å². The van der Waals surface area contributed by atoms with Crippen LogP contribution in [0.2, 0.25) is 0 Å². The summed E-state index contributed by atoms with van der Waals surface area (Å²) >= 11 is 3.40. The van der Waals surface area contributed by atoms with E-state index in [4.69, 9.17) is 0 Å². The van der Waals surface area contributed by atoms with Crippen molar-refractivity contribution in [3.8, 4) is 0 Å². The van der Waals surface area contributed by atoms with Gasteiger partial charge in [-0.15, -0.1) is 23.1 Å². The maximum atomic E-state index is 12.7. The number of nitrogens with zero attached hydrogens (tertiary/aromatic N) is 1. The van der Waals surface area contributed by atoms with Gasteiger partial charge in [0.25, 0.3) is 0 Å². The average molecular weight is 311 g/mol. The Morgan fingerprint density at radius 3 is 3.00 bits per heavy atom. The Labute approximate surface area is 126 Å². The first-order valence-electron chi connectivity index (χ1n) is 6.71. The van der Waals surface area contributed by atoms with Gasteiger partial charge in [-0.1, -0.05) is 0 Å². The van der Waals surface area contributed by atoms with E-state index in [0.29, 0.717) is 19.5 Å². The van der Waals surface area contributed by atoms with Crippen molar-refractivity contribution in [2.24, 2.45) is 5.41 Å². The zero-order valence-electron chi connectivity index (χ0n) is 11.3. The molecule has 1 fully saturated rings. The third-order valence-corrected chi connectivity index (χ3v) is 6.43. The summed E-state index contributed by atoms with van der Waals surface area (Å²) in [5, 5.41) is 11.2. The van der Waals surface area contributed by atoms with Crippen molar-refractivity contribution < 1.29 is 14.7 Å². The molecular formula is C14H17NO3S2. The summed E-state index contributed by atoms with van der Waals surface area (Å²) in [5.41, 5.74) is 0.354. The zero-order chi connectivity index (χ0) is 14.3. The minimum absolute atomic E-state index is 0.0827. The maximum Gasteiger partial charge on any atom is 0.311 e. The molecule has 1 N–H and O–H groups in total. The van der Waals surface area contributed by atoms with Gasteiger partial charge in [0.2, 0.25) is 5.91 Å². The summed E-state index contributed by atoms with van der Waals surface area (Å²) in [7, 11) is 0. The van der Waals surface area contributed by atoms with Gasteiger partial charge < -0.3 is 10.0 Å². The van der Waals surface area contributed by atoms with Gasteiger partial charge in [0.05, 0.1) is 5.41 Å². The molecule has 0 aromatic carbocycles. The van der Waals surface area contributed by atoms with Crippen LogP contribution < -0.4 is 0 Å². The number of carboxylic acid groups (broad SMARTS) is 1. The molecule has 2 aliphatic rings. The molecule has 1 saturated heterocycles. The van der Waals surface area contributed by atoms with Crippen molar-refractivity contribution in [3.63, 3.8) is 0 Å². The summed E-state index contributed by atoms with van der Waals surface area (Å²) in [5.74, 6) is 0.244. The van der Waals surface area contributed by atoms with Gasteiger partial charge in [0.15, 0.2) is 0 Å². The average Bonchev–Trinajstić information content (AvgIpc) is 3.04. The topological polar surface area (TPSA) is 57.6 Å². The summed E-state index contributed by atoms with van der Waals surface area (Å²) in [6.07, 6.45) is 1.58. The lowest BCUT2D eigenvalue weighted by Crippen LogP contribution is -2.37. The summed E-state index contributed by atoms with van der Waals surface area (Å²) in [4.78, 5) is 27.0. The molecule has 0 saturated carbocycles. The third kappa shape index (κ3) is 2.24. The minimum Gasteiger partial charge on any atom is -0.481 e. The fourth-order valence-corrected chi connectivity index (χ4v) is 5.21. The molecule has 4 nitrogen and oxygen atoms in total. The molecule has 3 heterocycles. The van der Waals surface area contributed by atoms with Crippen LogP contribution in [0.1, 0.15) is 29.0 Å². The van der Waals surface area contributed by atoms with E-state index in [1.54, 1.807) is 34.9 Å². The fraction of sp³-hybridized carbons (Fsp3) is 0.571. The van der Waals surface area contributed by atoms with Crippen molar-refractivity contribution in [3.05, 3.63) is 21.9 Å². The van der Waals surface area contributed by atoms with Crippen LogP contribution in [0, 0.1) is 5.41 Å². The molecule has 6 heteroatoms. The first-order chi connectivity index (χ1) is 9.51. The van der Waals surface area contributed by atoms with E-state index in [1.165, 1.54) is 4.88 Å². The summed E-state index contributed by atoms with van der Waals surface area (Å²) in [6, 6.07) is 2.04. The van der Waals surface area contributed by atoms with Gasteiger partial charge >= 0.3 is 5.97 Å². The standard InChI is InChI=1S/C14H17NO3S2/c1-14(13(17)18)4-5-15(8-14)12(16)11-9-2-6-19-10(9)3-7-20-11/h2,6,11H,3-5,7-8H2,1H3,(H,17,18)/t11-,14-/m0/s1. The predicted molar refractivity (Wildman–Crippen MR) is 80.2 cm³/mol. The first kappa shape index (κ1) is 13.9. The first-order valence-corrected chi connectivity index (χ1v) is 8.64. The highest BCUT2D eigenvalue weighted by Crippen LogP contribution is 2.42. The highest BCUT2D eigenvalue weighted by Gasteiger charge is 2.44. The Morgan fingerprint density at radius 1 is 1.50 bits per heavy atom. The normalized spacial score (nSPS) is 29.2. The Hall–Kier alpha value is -1.01. The second-order valence-electron chi connectivity index (χ2n) is 5.68. The molecule has 1 amide bonds. The number of carboxylic acids is 1. The molecule has 0 radical (unpaired) electrons. The number of fused-ring (bicyclic) bond motifs is 1. The van der Waals surface area contributed by atoms with Crippen molar-refractivity contribution in [2.45, 2.75) is 25.0 Å². The Kier molecular flexibility index (Phi) is 3.54. The van der Waals surface area contributed by atoms with Crippen molar-refractivity contribution in [1.29, 1.82) is 0 Å². The Morgan fingerprint density at radius 2 is 2.30 bits per heavy atom. The maximum absolute atomic E-state index is 12.7. The van der Waals surface area contributed by atoms with E-state index < -0.39 is 11.4 Å². The van der Waals surface area contributed by atoms with Gasteiger partial charge in [-0.2, -0.15) is 0 Å². The monoisotopic (exact) mass is 311 g/mol. The second kappa shape index (κ2) is 5.07. The lowest BCUT2D eigenvalue weighted by molar-refractivity contribution is -0.147. The van der Waals surface area contributed by atoms with E-state index >= 15 is 0 Å². The number of hydrogen-bond acceptors (Lipinski definition) is 4. The van der Waals surface area contributed by atoms with Gasteiger partial charge in [0.1, 0.15) is 5.25 Å². The molecule has 2 atom stereocenters. The van der Waals surface area contributed by atoms with Crippen LogP contribution in [-0.4, -0.2) is 40.7 Å². The fourth-order valence-electron chi connectivity index (χ4n) is 2.84. The molecule has 0 spiro atoms. The van der Waals surface area contributed by atoms with Crippen LogP contribution >= 0.6 is 23.1 Å². The SMILES string of the molecule is C[C@]1(C(=O)O)CCN(C(=O)[C@H]2SCCc3sccc32)C1. The van der Waals surface area contributed by atoms with Gasteiger partial charge in [-0.3, -0.25) is 9.59 Å². The van der Waals surface area contributed by atoms with Gasteiger partial charge in [-0.05, 0) is 42.5 Å². The van der Waals surface area contributed by atoms with E-state index in [9.17, 15) is 14.7 Å². The van der Waals surface area contributed by atoms with E-state index in [-0.39, 0.29) is 11.2 Å². The van der Waals surface area contributed by atoms with E-state index in [0.717, 1.165) is 17.7 Å². The molecule has 20 heavy (non-hydrogen) atoms. The number of thiophene rings is 1. The number of amides is 1. The molecule has 3 rings (SSSR count). The van der Waals surface area contributed by atoms with Crippen molar-refractivity contribution in [1.82, 2.24) is 4.90 Å². The quantitative estimate of drug-likeness (QED) is 0.911. The predicted octanol–water partition coefficient (Wildman–Crippen LogP) is 2.40. The highest BCUT2D eigenvalue weighted by molar-refractivity contribution is 8.00. The molecule has 108 valence electrons. The lowest BCUT2D eigenvalue weighted by Gasteiger charge is -2.27. The highest BCUT2D eigenvalue weighted by atomic mass is 32.2.